The zero-order valence-electron chi connectivity index (χ0n) is 15.8. The van der Waals surface area contributed by atoms with Crippen LogP contribution in [0.4, 0.5) is 5.69 Å². The van der Waals surface area contributed by atoms with Crippen LogP contribution in [0, 0.1) is 5.92 Å². The summed E-state index contributed by atoms with van der Waals surface area (Å²) >= 11 is 1.44. The largest absolute Gasteiger partial charge is 0.456 e. The third-order valence-electron chi connectivity index (χ3n) is 5.46. The number of piperidine rings is 1. The van der Waals surface area contributed by atoms with Crippen molar-refractivity contribution >= 4 is 50.8 Å². The highest BCUT2D eigenvalue weighted by Gasteiger charge is 2.29. The third-order valence-corrected chi connectivity index (χ3v) is 6.31. The summed E-state index contributed by atoms with van der Waals surface area (Å²) in [5.74, 6) is -0.228. The maximum Gasteiger partial charge on any atom is 0.263 e. The van der Waals surface area contributed by atoms with Crippen molar-refractivity contribution < 1.29 is 14.0 Å². The van der Waals surface area contributed by atoms with Crippen LogP contribution in [-0.4, -0.2) is 29.8 Å². The Balaban J connectivity index is 1.33. The van der Waals surface area contributed by atoms with Crippen LogP contribution in [0.2, 0.25) is 0 Å². The van der Waals surface area contributed by atoms with E-state index in [0.717, 1.165) is 45.3 Å². The summed E-state index contributed by atoms with van der Waals surface area (Å²) in [5, 5.41) is 6.95. The molecule has 2 amide bonds. The van der Waals surface area contributed by atoms with E-state index in [1.165, 1.54) is 11.3 Å². The van der Waals surface area contributed by atoms with Crippen LogP contribution in [0.1, 0.15) is 22.5 Å². The van der Waals surface area contributed by atoms with Gasteiger partial charge in [-0.2, -0.15) is 0 Å². The molecular weight excluding hydrogens is 384 g/mol. The number of nitrogens with zero attached hydrogens (tertiary/aromatic N) is 1. The minimum atomic E-state index is -0.204. The minimum Gasteiger partial charge on any atom is -0.456 e. The van der Waals surface area contributed by atoms with Crippen LogP contribution in [0.3, 0.4) is 0 Å². The number of carbonyl (C=O) groups excluding carboxylic acids is 2. The highest BCUT2D eigenvalue weighted by molar-refractivity contribution is 7.12. The number of thiophene rings is 1. The zero-order chi connectivity index (χ0) is 19.8. The molecule has 1 aliphatic rings. The molecule has 4 aromatic rings. The van der Waals surface area contributed by atoms with Crippen molar-refractivity contribution in [1.29, 1.82) is 0 Å². The molecule has 2 aromatic carbocycles. The van der Waals surface area contributed by atoms with Gasteiger partial charge in [0.15, 0.2) is 0 Å². The maximum atomic E-state index is 12.9. The Kier molecular flexibility index (Phi) is 4.56. The van der Waals surface area contributed by atoms with Crippen molar-refractivity contribution in [2.24, 2.45) is 5.92 Å². The van der Waals surface area contributed by atoms with Gasteiger partial charge in [-0.1, -0.05) is 24.3 Å². The summed E-state index contributed by atoms with van der Waals surface area (Å²) < 4.78 is 5.85. The number of likely N-dealkylation sites (tertiary alicyclic amines) is 1. The van der Waals surface area contributed by atoms with Gasteiger partial charge in [0.25, 0.3) is 5.91 Å². The lowest BCUT2D eigenvalue weighted by molar-refractivity contribution is -0.121. The van der Waals surface area contributed by atoms with Gasteiger partial charge >= 0.3 is 0 Å². The number of amides is 2. The Morgan fingerprint density at radius 3 is 2.76 bits per heavy atom. The highest BCUT2D eigenvalue weighted by atomic mass is 32.1. The second-order valence-electron chi connectivity index (χ2n) is 7.37. The van der Waals surface area contributed by atoms with E-state index >= 15 is 0 Å². The van der Waals surface area contributed by atoms with Crippen LogP contribution < -0.4 is 5.32 Å². The summed E-state index contributed by atoms with van der Waals surface area (Å²) in [6, 6.07) is 17.3. The number of nitrogens with one attached hydrogen (secondary N) is 1. The fourth-order valence-corrected chi connectivity index (χ4v) is 4.67. The van der Waals surface area contributed by atoms with Gasteiger partial charge in [0, 0.05) is 29.5 Å². The van der Waals surface area contributed by atoms with Gasteiger partial charge in [-0.3, -0.25) is 9.59 Å². The van der Waals surface area contributed by atoms with Crippen LogP contribution in [0.5, 0.6) is 0 Å². The van der Waals surface area contributed by atoms with Crippen molar-refractivity contribution in [1.82, 2.24) is 4.90 Å². The van der Waals surface area contributed by atoms with Crippen molar-refractivity contribution in [3.8, 4) is 0 Å². The molecule has 0 saturated carbocycles. The van der Waals surface area contributed by atoms with Gasteiger partial charge in [-0.05, 0) is 48.6 Å². The van der Waals surface area contributed by atoms with Gasteiger partial charge < -0.3 is 14.6 Å². The van der Waals surface area contributed by atoms with Crippen LogP contribution in [0.25, 0.3) is 21.9 Å². The number of fused-ring (bicyclic) bond motifs is 3. The topological polar surface area (TPSA) is 62.6 Å². The van der Waals surface area contributed by atoms with E-state index in [-0.39, 0.29) is 17.7 Å². The van der Waals surface area contributed by atoms with Crippen molar-refractivity contribution in [3.05, 3.63) is 64.9 Å². The lowest BCUT2D eigenvalue weighted by Crippen LogP contribution is -2.43. The summed E-state index contributed by atoms with van der Waals surface area (Å²) in [5.41, 5.74) is 2.38. The van der Waals surface area contributed by atoms with Gasteiger partial charge in [0.2, 0.25) is 5.91 Å². The van der Waals surface area contributed by atoms with E-state index in [1.54, 1.807) is 4.90 Å². The van der Waals surface area contributed by atoms with Crippen LogP contribution in [0.15, 0.2) is 64.4 Å². The van der Waals surface area contributed by atoms with Gasteiger partial charge in [0.05, 0.1) is 10.8 Å². The molecule has 2 aromatic heterocycles. The summed E-state index contributed by atoms with van der Waals surface area (Å²) in [6.45, 7) is 1.16. The van der Waals surface area contributed by atoms with Crippen LogP contribution in [-0.2, 0) is 4.79 Å². The SMILES string of the molecule is O=C(Nc1ccc2oc3ccccc3c2c1)C1CCCN(C(=O)c2cccs2)C1. The number of carbonyl (C=O) groups is 2. The first-order chi connectivity index (χ1) is 14.2. The fraction of sp³-hybridized carbons (Fsp3) is 0.217. The quantitative estimate of drug-likeness (QED) is 0.514. The zero-order valence-corrected chi connectivity index (χ0v) is 16.6. The molecule has 0 radical (unpaired) electrons. The molecule has 1 N–H and O–H groups in total. The first-order valence-electron chi connectivity index (χ1n) is 9.74. The summed E-state index contributed by atoms with van der Waals surface area (Å²) in [4.78, 5) is 28.0. The van der Waals surface area contributed by atoms with Gasteiger partial charge in [0.1, 0.15) is 11.2 Å². The molecule has 1 atom stereocenters. The monoisotopic (exact) mass is 404 g/mol. The highest BCUT2D eigenvalue weighted by Crippen LogP contribution is 2.31. The molecule has 1 fully saturated rings. The maximum absolute atomic E-state index is 12.9. The number of furan rings is 1. The van der Waals surface area contributed by atoms with Gasteiger partial charge in [-0.25, -0.2) is 0 Å². The molecule has 0 spiro atoms. The average molecular weight is 404 g/mol. The summed E-state index contributed by atoms with van der Waals surface area (Å²) in [7, 11) is 0. The molecule has 1 saturated heterocycles. The second kappa shape index (κ2) is 7.37. The number of para-hydroxylation sites is 1. The Labute approximate surface area is 171 Å². The Morgan fingerprint density at radius 1 is 1.03 bits per heavy atom. The Bertz CT molecular complexity index is 1200. The molecular formula is C23H20N2O3S. The van der Waals surface area contributed by atoms with E-state index in [2.05, 4.69) is 5.32 Å². The van der Waals surface area contributed by atoms with E-state index in [0.29, 0.717) is 13.1 Å². The first kappa shape index (κ1) is 17.9. The number of anilines is 1. The molecule has 0 aliphatic carbocycles. The molecule has 5 nitrogen and oxygen atoms in total. The number of hydrogen-bond donors (Lipinski definition) is 1. The molecule has 6 heteroatoms. The molecule has 3 heterocycles. The minimum absolute atomic E-state index is 0.0174. The fourth-order valence-electron chi connectivity index (χ4n) is 3.98. The van der Waals surface area contributed by atoms with E-state index in [4.69, 9.17) is 4.42 Å². The molecule has 5 rings (SSSR count). The molecule has 146 valence electrons. The standard InChI is InChI=1S/C23H20N2O3S/c26-22(15-5-3-11-25(14-15)23(27)21-8-4-12-29-21)24-16-9-10-20-18(13-16)17-6-1-2-7-19(17)28-20/h1-2,4,6-10,12-13,15H,3,5,11,14H2,(H,24,26). The van der Waals surface area contributed by atoms with Crippen molar-refractivity contribution in [2.45, 2.75) is 12.8 Å². The number of rotatable bonds is 3. The van der Waals surface area contributed by atoms with E-state index < -0.39 is 0 Å². The predicted octanol–water partition coefficient (Wildman–Crippen LogP) is 5.14. The molecule has 1 unspecified atom stereocenters. The van der Waals surface area contributed by atoms with E-state index in [9.17, 15) is 9.59 Å². The third kappa shape index (κ3) is 3.40. The van der Waals surface area contributed by atoms with Crippen molar-refractivity contribution in [3.63, 3.8) is 0 Å². The first-order valence-corrected chi connectivity index (χ1v) is 10.6. The Morgan fingerprint density at radius 2 is 1.90 bits per heavy atom. The van der Waals surface area contributed by atoms with Gasteiger partial charge in [-0.15, -0.1) is 11.3 Å². The van der Waals surface area contributed by atoms with E-state index in [1.807, 2.05) is 60.0 Å². The lowest BCUT2D eigenvalue weighted by atomic mass is 9.96. The average Bonchev–Trinajstić information content (AvgIpc) is 3.41. The Hall–Kier alpha value is -3.12. The predicted molar refractivity (Wildman–Crippen MR) is 115 cm³/mol. The number of benzene rings is 2. The van der Waals surface area contributed by atoms with Crippen molar-refractivity contribution in [2.75, 3.05) is 18.4 Å². The van der Waals surface area contributed by atoms with Crippen LogP contribution >= 0.6 is 11.3 Å². The lowest BCUT2D eigenvalue weighted by Gasteiger charge is -2.31. The number of hydrogen-bond acceptors (Lipinski definition) is 4. The molecule has 0 bridgehead atoms. The summed E-state index contributed by atoms with van der Waals surface area (Å²) in [6.07, 6.45) is 1.62. The normalized spacial score (nSPS) is 17.0. The molecule has 29 heavy (non-hydrogen) atoms. The molecule has 1 aliphatic heterocycles. The smallest absolute Gasteiger partial charge is 0.263 e. The second-order valence-corrected chi connectivity index (χ2v) is 8.31.